The fourth-order valence-corrected chi connectivity index (χ4v) is 3.72. The van der Waals surface area contributed by atoms with Crippen LogP contribution in [0.25, 0.3) is 0 Å². The molecule has 0 aliphatic carbocycles. The number of hydrogen-bond donors (Lipinski definition) is 2. The lowest BCUT2D eigenvalue weighted by molar-refractivity contribution is -0.132. The van der Waals surface area contributed by atoms with E-state index in [9.17, 15) is 4.79 Å². The molecule has 0 aromatic heterocycles. The van der Waals surface area contributed by atoms with Gasteiger partial charge in [0, 0.05) is 13.1 Å². The van der Waals surface area contributed by atoms with Crippen LogP contribution in [0, 0.1) is 0 Å². The van der Waals surface area contributed by atoms with Crippen LogP contribution < -0.4 is 10.7 Å². The molecule has 2 aliphatic heterocycles. The van der Waals surface area contributed by atoms with Crippen LogP contribution in [0.1, 0.15) is 31.2 Å². The van der Waals surface area contributed by atoms with Gasteiger partial charge in [0.05, 0.1) is 5.41 Å². The summed E-state index contributed by atoms with van der Waals surface area (Å²) in [6, 6.07) is 22.3. The molecule has 2 saturated heterocycles. The van der Waals surface area contributed by atoms with Crippen molar-refractivity contribution in [1.82, 2.24) is 15.8 Å². The first kappa shape index (κ1) is 18.6. The molecule has 138 valence electrons. The minimum absolute atomic E-state index is 0.173. The smallest absolute Gasteiger partial charge is 0.245 e. The van der Waals surface area contributed by atoms with E-state index in [-0.39, 0.29) is 11.3 Å². The minimum Gasteiger partial charge on any atom is -0.317 e. The Morgan fingerprint density at radius 3 is 1.88 bits per heavy atom. The fourth-order valence-electron chi connectivity index (χ4n) is 3.72. The number of benzene rings is 2. The van der Waals surface area contributed by atoms with Crippen molar-refractivity contribution in [3.05, 3.63) is 72.3 Å². The number of nitrogens with one attached hydrogen (secondary N) is 2. The molecule has 0 spiro atoms. The molecule has 0 saturated carbocycles. The Morgan fingerprint density at radius 2 is 1.35 bits per heavy atom. The van der Waals surface area contributed by atoms with Gasteiger partial charge in [-0.25, -0.2) is 5.01 Å². The number of piperidine rings is 1. The maximum atomic E-state index is 12.9. The van der Waals surface area contributed by atoms with Gasteiger partial charge in [-0.05, 0) is 44.3 Å². The van der Waals surface area contributed by atoms with Crippen molar-refractivity contribution in [2.24, 2.45) is 0 Å². The molecule has 1 amide bonds. The molecule has 4 rings (SSSR count). The summed E-state index contributed by atoms with van der Waals surface area (Å²) in [6.45, 7) is 3.77. The molecule has 2 aliphatic rings. The van der Waals surface area contributed by atoms with Gasteiger partial charge in [-0.15, -0.1) is 0 Å². The Labute approximate surface area is 156 Å². The summed E-state index contributed by atoms with van der Waals surface area (Å²) in [6.07, 6.45) is 4.10. The molecule has 0 bridgehead atoms. The fraction of sp³-hybridized carbons (Fsp3) is 0.409. The van der Waals surface area contributed by atoms with Gasteiger partial charge in [0.1, 0.15) is 0 Å². The summed E-state index contributed by atoms with van der Waals surface area (Å²) in [4.78, 5) is 12.9. The summed E-state index contributed by atoms with van der Waals surface area (Å²) in [5, 5.41) is 5.44. The Balaban J connectivity index is 0.000000278. The lowest BCUT2D eigenvalue weighted by Crippen LogP contribution is -2.54. The van der Waals surface area contributed by atoms with Crippen LogP contribution in [0.5, 0.6) is 0 Å². The van der Waals surface area contributed by atoms with Gasteiger partial charge in [-0.3, -0.25) is 10.2 Å². The van der Waals surface area contributed by atoms with Crippen LogP contribution in [0.3, 0.4) is 0 Å². The van der Waals surface area contributed by atoms with Crippen LogP contribution in [0.4, 0.5) is 0 Å². The zero-order valence-electron chi connectivity index (χ0n) is 15.4. The van der Waals surface area contributed by atoms with E-state index in [1.807, 2.05) is 54.6 Å². The van der Waals surface area contributed by atoms with E-state index in [0.29, 0.717) is 0 Å². The van der Waals surface area contributed by atoms with E-state index in [0.717, 1.165) is 44.6 Å². The molecule has 2 heterocycles. The molecule has 4 nitrogen and oxygen atoms in total. The average Bonchev–Trinajstić information content (AvgIpc) is 3.24. The highest BCUT2D eigenvalue weighted by Crippen LogP contribution is 2.34. The van der Waals surface area contributed by atoms with Crippen LogP contribution in [-0.2, 0) is 10.2 Å². The quantitative estimate of drug-likeness (QED) is 0.893. The predicted molar refractivity (Wildman–Crippen MR) is 106 cm³/mol. The van der Waals surface area contributed by atoms with Crippen LogP contribution >= 0.6 is 0 Å². The monoisotopic (exact) mass is 351 g/mol. The molecule has 2 aromatic rings. The van der Waals surface area contributed by atoms with Gasteiger partial charge in [-0.2, -0.15) is 0 Å². The van der Waals surface area contributed by atoms with Crippen LogP contribution in [0.15, 0.2) is 66.7 Å². The summed E-state index contributed by atoms with van der Waals surface area (Å²) in [5.74, 6) is 0.173. The second kappa shape index (κ2) is 9.51. The Hall–Kier alpha value is -2.17. The number of carbonyl (C=O) groups excluding carboxylic acids is 1. The third-order valence-corrected chi connectivity index (χ3v) is 5.25. The maximum absolute atomic E-state index is 12.9. The lowest BCUT2D eigenvalue weighted by atomic mass is 9.72. The maximum Gasteiger partial charge on any atom is 0.245 e. The van der Waals surface area contributed by atoms with E-state index in [4.69, 9.17) is 0 Å². The van der Waals surface area contributed by atoms with Crippen molar-refractivity contribution in [1.29, 1.82) is 0 Å². The van der Waals surface area contributed by atoms with Gasteiger partial charge in [0.25, 0.3) is 0 Å². The molecule has 2 fully saturated rings. The van der Waals surface area contributed by atoms with Crippen molar-refractivity contribution in [3.63, 3.8) is 0 Å². The van der Waals surface area contributed by atoms with E-state index < -0.39 is 0 Å². The topological polar surface area (TPSA) is 44.4 Å². The summed E-state index contributed by atoms with van der Waals surface area (Å²) in [5.41, 5.74) is 3.94. The van der Waals surface area contributed by atoms with Gasteiger partial charge < -0.3 is 5.32 Å². The molecule has 26 heavy (non-hydrogen) atoms. The van der Waals surface area contributed by atoms with Crippen molar-refractivity contribution in [2.45, 2.75) is 31.1 Å². The second-order valence-corrected chi connectivity index (χ2v) is 6.99. The summed E-state index contributed by atoms with van der Waals surface area (Å²) in [7, 11) is 0. The first-order valence-corrected chi connectivity index (χ1v) is 9.64. The van der Waals surface area contributed by atoms with Gasteiger partial charge in [0.2, 0.25) is 5.91 Å². The summed E-state index contributed by atoms with van der Waals surface area (Å²) >= 11 is 0. The molecule has 2 N–H and O–H groups in total. The molecule has 4 heteroatoms. The Bertz CT molecular complexity index is 621. The van der Waals surface area contributed by atoms with E-state index in [1.54, 1.807) is 0 Å². The van der Waals surface area contributed by atoms with Gasteiger partial charge in [-0.1, -0.05) is 66.7 Å². The SMILES string of the molecule is O=C(NN1CCCC1)C1(c2ccccc2)CCNCC1.c1ccccc1. The zero-order chi connectivity index (χ0) is 18.1. The largest absolute Gasteiger partial charge is 0.317 e. The highest BCUT2D eigenvalue weighted by molar-refractivity contribution is 5.88. The van der Waals surface area contributed by atoms with E-state index in [1.165, 1.54) is 12.8 Å². The number of nitrogens with zero attached hydrogens (tertiary/aromatic N) is 1. The lowest BCUT2D eigenvalue weighted by Gasteiger charge is -2.37. The molecule has 0 atom stereocenters. The standard InChI is InChI=1S/C16H23N3O.C6H6/c20-15(18-19-12-4-5-13-19)16(8-10-17-11-9-16)14-6-2-1-3-7-14;1-2-4-6-5-3-1/h1-3,6-7,17H,4-5,8-13H2,(H,18,20);1-6H. The van der Waals surface area contributed by atoms with E-state index >= 15 is 0 Å². The normalized spacial score (nSPS) is 19.2. The first-order valence-electron chi connectivity index (χ1n) is 9.64. The molecular formula is C22H29N3O. The van der Waals surface area contributed by atoms with Crippen LogP contribution in [0.2, 0.25) is 0 Å². The van der Waals surface area contributed by atoms with Crippen molar-refractivity contribution in [3.8, 4) is 0 Å². The van der Waals surface area contributed by atoms with Gasteiger partial charge in [0.15, 0.2) is 0 Å². The van der Waals surface area contributed by atoms with Gasteiger partial charge >= 0.3 is 0 Å². The third kappa shape index (κ3) is 4.71. The Morgan fingerprint density at radius 1 is 0.846 bits per heavy atom. The van der Waals surface area contributed by atoms with E-state index in [2.05, 4.69) is 27.9 Å². The molecule has 2 aromatic carbocycles. The number of amides is 1. The second-order valence-electron chi connectivity index (χ2n) is 6.99. The number of hydrogen-bond acceptors (Lipinski definition) is 3. The van der Waals surface area contributed by atoms with Crippen molar-refractivity contribution >= 4 is 5.91 Å². The van der Waals surface area contributed by atoms with Crippen molar-refractivity contribution in [2.75, 3.05) is 26.2 Å². The molecule has 0 unspecified atom stereocenters. The highest BCUT2D eigenvalue weighted by Gasteiger charge is 2.41. The summed E-state index contributed by atoms with van der Waals surface area (Å²) < 4.78 is 0. The number of rotatable bonds is 3. The molecule has 0 radical (unpaired) electrons. The number of hydrazine groups is 1. The first-order chi connectivity index (χ1) is 12.8. The number of carbonyl (C=O) groups is 1. The van der Waals surface area contributed by atoms with Crippen LogP contribution in [-0.4, -0.2) is 37.1 Å². The predicted octanol–water partition coefficient (Wildman–Crippen LogP) is 3.12. The zero-order valence-corrected chi connectivity index (χ0v) is 15.4. The minimum atomic E-state index is -0.366. The molecular weight excluding hydrogens is 322 g/mol. The highest BCUT2D eigenvalue weighted by atomic mass is 16.2. The van der Waals surface area contributed by atoms with Crippen molar-refractivity contribution < 1.29 is 4.79 Å². The Kier molecular flexibility index (Phi) is 6.81. The average molecular weight is 351 g/mol. The third-order valence-electron chi connectivity index (χ3n) is 5.25.